The normalized spacial score (nSPS) is 28.9. The molecule has 0 radical (unpaired) electrons. The molecule has 0 saturated heterocycles. The maximum Gasteiger partial charge on any atom is 0.161 e. The number of hydrogen-bond donors (Lipinski definition) is 1. The van der Waals surface area contributed by atoms with Gasteiger partial charge in [-0.15, -0.1) is 0 Å². The highest BCUT2D eigenvalue weighted by Crippen LogP contribution is 2.62. The quantitative estimate of drug-likeness (QED) is 0.863. The van der Waals surface area contributed by atoms with Gasteiger partial charge in [-0.25, -0.2) is 0 Å². The predicted molar refractivity (Wildman–Crippen MR) is 78.1 cm³/mol. The molecule has 1 aromatic rings. The summed E-state index contributed by atoms with van der Waals surface area (Å²) in [7, 11) is 0. The van der Waals surface area contributed by atoms with Gasteiger partial charge in [-0.3, -0.25) is 0 Å². The van der Waals surface area contributed by atoms with Gasteiger partial charge < -0.3 is 14.6 Å². The van der Waals surface area contributed by atoms with Gasteiger partial charge in [0.2, 0.25) is 0 Å². The molecule has 2 saturated carbocycles. The number of aliphatic hydroxyl groups is 1. The van der Waals surface area contributed by atoms with Crippen molar-refractivity contribution in [3.63, 3.8) is 0 Å². The predicted octanol–water partition coefficient (Wildman–Crippen LogP) is 3.56. The average molecular weight is 276 g/mol. The Bertz CT molecular complexity index is 461. The summed E-state index contributed by atoms with van der Waals surface area (Å²) >= 11 is 0. The van der Waals surface area contributed by atoms with E-state index in [4.69, 9.17) is 9.47 Å². The van der Waals surface area contributed by atoms with E-state index in [2.05, 4.69) is 0 Å². The maximum absolute atomic E-state index is 10.6. The van der Waals surface area contributed by atoms with Gasteiger partial charge in [0.25, 0.3) is 0 Å². The Balaban J connectivity index is 1.77. The zero-order chi connectivity index (χ0) is 14.1. The Kier molecular flexibility index (Phi) is 3.88. The molecule has 110 valence electrons. The molecule has 2 aliphatic carbocycles. The van der Waals surface area contributed by atoms with Crippen molar-refractivity contribution in [2.45, 2.75) is 39.2 Å². The van der Waals surface area contributed by atoms with Gasteiger partial charge >= 0.3 is 0 Å². The van der Waals surface area contributed by atoms with Crippen LogP contribution in [0, 0.1) is 17.8 Å². The SMILES string of the molecule is CCOc1ccc(C(O)C2C3CCCC32)cc1OCC. The van der Waals surface area contributed by atoms with Crippen molar-refractivity contribution < 1.29 is 14.6 Å². The van der Waals surface area contributed by atoms with Crippen LogP contribution in [0.2, 0.25) is 0 Å². The minimum absolute atomic E-state index is 0.347. The average Bonchev–Trinajstić information content (AvgIpc) is 2.93. The van der Waals surface area contributed by atoms with Crippen molar-refractivity contribution >= 4 is 0 Å². The van der Waals surface area contributed by atoms with Crippen LogP contribution >= 0.6 is 0 Å². The zero-order valence-electron chi connectivity index (χ0n) is 12.3. The van der Waals surface area contributed by atoms with Crippen LogP contribution in [0.4, 0.5) is 0 Å². The number of fused-ring (bicyclic) bond motifs is 1. The van der Waals surface area contributed by atoms with E-state index in [1.807, 2.05) is 32.0 Å². The Hall–Kier alpha value is -1.22. The lowest BCUT2D eigenvalue weighted by atomic mass is 9.99. The van der Waals surface area contributed by atoms with E-state index in [1.165, 1.54) is 19.3 Å². The minimum Gasteiger partial charge on any atom is -0.490 e. The molecule has 0 spiro atoms. The highest BCUT2D eigenvalue weighted by atomic mass is 16.5. The molecule has 0 aliphatic heterocycles. The molecule has 3 atom stereocenters. The molecule has 20 heavy (non-hydrogen) atoms. The van der Waals surface area contributed by atoms with Crippen LogP contribution < -0.4 is 9.47 Å². The largest absolute Gasteiger partial charge is 0.490 e. The standard InChI is InChI=1S/C17H24O3/c1-3-19-14-9-8-11(10-15(14)20-4-2)17(18)16-12-6-5-7-13(12)16/h8-10,12-13,16-18H,3-7H2,1-2H3. The van der Waals surface area contributed by atoms with E-state index in [0.29, 0.717) is 19.1 Å². The first kappa shape index (κ1) is 13.7. The van der Waals surface area contributed by atoms with Gasteiger partial charge in [0, 0.05) is 0 Å². The molecule has 0 heterocycles. The van der Waals surface area contributed by atoms with Crippen molar-refractivity contribution in [3.05, 3.63) is 23.8 Å². The first-order valence-corrected chi connectivity index (χ1v) is 7.83. The zero-order valence-corrected chi connectivity index (χ0v) is 12.3. The first-order chi connectivity index (χ1) is 9.76. The monoisotopic (exact) mass is 276 g/mol. The third-order valence-electron chi connectivity index (χ3n) is 4.75. The molecule has 2 fully saturated rings. The summed E-state index contributed by atoms with van der Waals surface area (Å²) in [5, 5.41) is 10.6. The fourth-order valence-corrected chi connectivity index (χ4v) is 3.82. The van der Waals surface area contributed by atoms with Crippen LogP contribution in [0.3, 0.4) is 0 Å². The van der Waals surface area contributed by atoms with E-state index in [1.54, 1.807) is 0 Å². The molecule has 0 amide bonds. The molecule has 3 rings (SSSR count). The summed E-state index contributed by atoms with van der Waals surface area (Å²) in [5.41, 5.74) is 0.969. The Labute approximate surface area is 120 Å². The number of aliphatic hydroxyl groups excluding tert-OH is 1. The Morgan fingerprint density at radius 2 is 1.75 bits per heavy atom. The number of benzene rings is 1. The Morgan fingerprint density at radius 3 is 2.40 bits per heavy atom. The van der Waals surface area contributed by atoms with Gasteiger partial charge in [-0.2, -0.15) is 0 Å². The van der Waals surface area contributed by atoms with Gasteiger partial charge in [0.1, 0.15) is 0 Å². The summed E-state index contributed by atoms with van der Waals surface area (Å²) in [6.45, 7) is 5.15. The lowest BCUT2D eigenvalue weighted by Gasteiger charge is -2.16. The molecule has 1 aromatic carbocycles. The smallest absolute Gasteiger partial charge is 0.161 e. The highest BCUT2D eigenvalue weighted by molar-refractivity contribution is 5.44. The molecular weight excluding hydrogens is 252 g/mol. The summed E-state index contributed by atoms with van der Waals surface area (Å²) < 4.78 is 11.2. The van der Waals surface area contributed by atoms with E-state index in [0.717, 1.165) is 28.9 Å². The second-order valence-corrected chi connectivity index (χ2v) is 5.85. The van der Waals surface area contributed by atoms with E-state index >= 15 is 0 Å². The molecule has 2 aliphatic rings. The van der Waals surface area contributed by atoms with Crippen LogP contribution in [0.5, 0.6) is 11.5 Å². The molecule has 3 unspecified atom stereocenters. The van der Waals surface area contributed by atoms with Gasteiger partial charge in [-0.05, 0) is 62.1 Å². The number of hydrogen-bond acceptors (Lipinski definition) is 3. The van der Waals surface area contributed by atoms with Crippen LogP contribution in [-0.2, 0) is 0 Å². The number of ether oxygens (including phenoxy) is 2. The molecule has 3 heteroatoms. The van der Waals surface area contributed by atoms with Crippen molar-refractivity contribution in [1.29, 1.82) is 0 Å². The fourth-order valence-electron chi connectivity index (χ4n) is 3.82. The second-order valence-electron chi connectivity index (χ2n) is 5.85. The summed E-state index contributed by atoms with van der Waals surface area (Å²) in [6.07, 6.45) is 3.58. The van der Waals surface area contributed by atoms with Crippen LogP contribution in [0.1, 0.15) is 44.8 Å². The van der Waals surface area contributed by atoms with E-state index < -0.39 is 0 Å². The van der Waals surface area contributed by atoms with Crippen molar-refractivity contribution in [2.24, 2.45) is 17.8 Å². The van der Waals surface area contributed by atoms with Gasteiger partial charge in [0.05, 0.1) is 19.3 Å². The Morgan fingerprint density at radius 1 is 1.10 bits per heavy atom. The van der Waals surface area contributed by atoms with Gasteiger partial charge in [0.15, 0.2) is 11.5 Å². The van der Waals surface area contributed by atoms with Gasteiger partial charge in [-0.1, -0.05) is 12.5 Å². The second kappa shape index (κ2) is 5.65. The summed E-state index contributed by atoms with van der Waals surface area (Å²) in [5.74, 6) is 3.49. The lowest BCUT2D eigenvalue weighted by molar-refractivity contribution is 0.136. The lowest BCUT2D eigenvalue weighted by Crippen LogP contribution is -2.06. The molecule has 3 nitrogen and oxygen atoms in total. The van der Waals surface area contributed by atoms with Crippen LogP contribution in [-0.4, -0.2) is 18.3 Å². The molecular formula is C17H24O3. The molecule has 0 bridgehead atoms. The van der Waals surface area contributed by atoms with E-state index in [-0.39, 0.29) is 6.10 Å². The maximum atomic E-state index is 10.6. The molecule has 1 N–H and O–H groups in total. The van der Waals surface area contributed by atoms with E-state index in [9.17, 15) is 5.11 Å². The summed E-state index contributed by atoms with van der Waals surface area (Å²) in [4.78, 5) is 0. The third-order valence-corrected chi connectivity index (χ3v) is 4.75. The van der Waals surface area contributed by atoms with Crippen LogP contribution in [0.15, 0.2) is 18.2 Å². The van der Waals surface area contributed by atoms with Crippen molar-refractivity contribution in [1.82, 2.24) is 0 Å². The highest BCUT2D eigenvalue weighted by Gasteiger charge is 2.55. The third kappa shape index (κ3) is 2.39. The summed E-state index contributed by atoms with van der Waals surface area (Å²) in [6, 6.07) is 5.85. The first-order valence-electron chi connectivity index (χ1n) is 7.83. The van der Waals surface area contributed by atoms with Crippen molar-refractivity contribution in [2.75, 3.05) is 13.2 Å². The number of rotatable bonds is 6. The minimum atomic E-state index is -0.347. The van der Waals surface area contributed by atoms with Crippen molar-refractivity contribution in [3.8, 4) is 11.5 Å². The van der Waals surface area contributed by atoms with Crippen LogP contribution in [0.25, 0.3) is 0 Å². The fraction of sp³-hybridized carbons (Fsp3) is 0.647. The topological polar surface area (TPSA) is 38.7 Å². The molecule has 0 aromatic heterocycles.